The fourth-order valence-electron chi connectivity index (χ4n) is 25.3. The molecule has 0 bridgehead atoms. The van der Waals surface area contributed by atoms with Crippen LogP contribution in [0, 0.1) is 0 Å². The van der Waals surface area contributed by atoms with Crippen LogP contribution in [0.4, 0.5) is 0 Å². The van der Waals surface area contributed by atoms with Crippen LogP contribution in [0.5, 0.6) is 0 Å². The first-order valence-corrected chi connectivity index (χ1v) is 51.0. The summed E-state index contributed by atoms with van der Waals surface area (Å²) >= 11 is 0. The second kappa shape index (κ2) is 32.6. The lowest BCUT2D eigenvalue weighted by atomic mass is 9.91. The number of rotatable bonds is 10. The third kappa shape index (κ3) is 12.1. The summed E-state index contributed by atoms with van der Waals surface area (Å²) < 4.78 is 14.1. The van der Waals surface area contributed by atoms with Gasteiger partial charge < -0.3 is 13.7 Å². The average molecular weight is 1910 g/mol. The van der Waals surface area contributed by atoms with Gasteiger partial charge in [0.2, 0.25) is 17.8 Å². The van der Waals surface area contributed by atoms with Gasteiger partial charge in [0.15, 0.2) is 11.6 Å². The molecular weight excluding hydrogens is 1830 g/mol. The van der Waals surface area contributed by atoms with Crippen molar-refractivity contribution in [2.75, 3.05) is 0 Å². The van der Waals surface area contributed by atoms with Crippen LogP contribution in [0.15, 0.2) is 492 Å². The van der Waals surface area contributed by atoms with Crippen LogP contribution < -0.4 is 0 Å². The van der Waals surface area contributed by atoms with E-state index < -0.39 is 0 Å². The highest BCUT2D eigenvalue weighted by Crippen LogP contribution is 2.59. The second-order valence-corrected chi connectivity index (χ2v) is 39.2. The first-order chi connectivity index (χ1) is 74.5. The Labute approximate surface area is 858 Å². The number of hydrogen-bond donors (Lipinski definition) is 0. The van der Waals surface area contributed by atoms with E-state index in [1.165, 1.54) is 186 Å². The molecular formula is C137H81N13. The third-order valence-electron chi connectivity index (χ3n) is 31.3. The van der Waals surface area contributed by atoms with E-state index >= 15 is 0 Å². The number of hydrogen-bond acceptors (Lipinski definition) is 7. The van der Waals surface area contributed by atoms with Crippen molar-refractivity contribution in [1.29, 1.82) is 0 Å². The van der Waals surface area contributed by atoms with E-state index in [4.69, 9.17) is 34.9 Å². The summed E-state index contributed by atoms with van der Waals surface area (Å²) in [5, 5.41) is 22.3. The van der Waals surface area contributed by atoms with Crippen molar-refractivity contribution < 1.29 is 0 Å². The van der Waals surface area contributed by atoms with Gasteiger partial charge in [-0.15, -0.1) is 0 Å². The molecule has 150 heavy (non-hydrogen) atoms. The molecule has 0 aliphatic heterocycles. The molecule has 9 heterocycles. The SMILES string of the molecule is c1ccc(-c2cc(-c3ccccc3)nc(-n3c4cc5c(c6c4c4c7c(cccc7ccc43)-c3ccccc3-6)c3ccccc3n5-c3ccccc3)n2)cc1.c1ccc(-c2nc(-c3ccccc3)nc(-n3c4cc5c(c6c4c4c7c(cccc7ccc43)-c3ccccc3-6)c3ccccc3n5-c3ccccc3)n2)cc1.c1ccc(-n2c3ccccc3c3c4c5c6c7c(cccc7ccc6n(-c6ncccn6)c5cc32)-c2ccccc2-4)cc1. The van der Waals surface area contributed by atoms with Gasteiger partial charge in [-0.1, -0.05) is 376 Å². The van der Waals surface area contributed by atoms with Crippen molar-refractivity contribution in [2.45, 2.75) is 0 Å². The molecule has 0 saturated carbocycles. The Morgan fingerprint density at radius 2 is 0.420 bits per heavy atom. The van der Waals surface area contributed by atoms with Gasteiger partial charge >= 0.3 is 0 Å². The first-order valence-electron chi connectivity index (χ1n) is 51.0. The Bertz CT molecular complexity index is 10600. The Kier molecular flexibility index (Phi) is 18.0. The van der Waals surface area contributed by atoms with E-state index in [2.05, 4.69) is 452 Å². The molecule has 0 spiro atoms. The zero-order valence-electron chi connectivity index (χ0n) is 80.6. The second-order valence-electron chi connectivity index (χ2n) is 39.2. The van der Waals surface area contributed by atoms with Gasteiger partial charge in [-0.2, -0.15) is 9.97 Å². The molecule has 3 aliphatic carbocycles. The summed E-state index contributed by atoms with van der Waals surface area (Å²) in [7, 11) is 0. The summed E-state index contributed by atoms with van der Waals surface area (Å²) in [6.45, 7) is 0. The van der Waals surface area contributed by atoms with Crippen LogP contribution in [0.1, 0.15) is 0 Å². The normalized spacial score (nSPS) is 12.1. The molecule has 694 valence electrons. The molecule has 13 nitrogen and oxygen atoms in total. The molecule has 34 rings (SSSR count). The third-order valence-corrected chi connectivity index (χ3v) is 31.3. The maximum absolute atomic E-state index is 5.41. The van der Waals surface area contributed by atoms with Gasteiger partial charge in [0, 0.05) is 133 Å². The predicted molar refractivity (Wildman–Crippen MR) is 617 cm³/mol. The van der Waals surface area contributed by atoms with Crippen LogP contribution in [0.3, 0.4) is 0 Å². The first kappa shape index (κ1) is 83.1. The van der Waals surface area contributed by atoms with Crippen molar-refractivity contribution in [3.63, 3.8) is 0 Å². The minimum Gasteiger partial charge on any atom is -0.309 e. The van der Waals surface area contributed by atoms with E-state index in [1.54, 1.807) is 0 Å². The summed E-state index contributed by atoms with van der Waals surface area (Å²) in [4.78, 5) is 36.0. The van der Waals surface area contributed by atoms with Crippen molar-refractivity contribution >= 4 is 163 Å². The van der Waals surface area contributed by atoms with Crippen LogP contribution >= 0.6 is 0 Å². The molecule has 9 aromatic heterocycles. The summed E-state index contributed by atoms with van der Waals surface area (Å²) in [6, 6.07) is 171. The van der Waals surface area contributed by atoms with Gasteiger partial charge in [0.1, 0.15) is 0 Å². The number of para-hydroxylation sites is 6. The van der Waals surface area contributed by atoms with Gasteiger partial charge in [0.25, 0.3) is 0 Å². The minimum atomic E-state index is 0.584. The molecule has 0 unspecified atom stereocenters. The monoisotopic (exact) mass is 1910 g/mol. The van der Waals surface area contributed by atoms with Gasteiger partial charge in [0.05, 0.1) is 77.6 Å². The van der Waals surface area contributed by atoms with E-state index in [0.29, 0.717) is 29.5 Å². The molecule has 13 heteroatoms. The fourth-order valence-corrected chi connectivity index (χ4v) is 25.3. The number of fused-ring (bicyclic) bond motifs is 21. The Morgan fingerprint density at radius 3 is 0.760 bits per heavy atom. The van der Waals surface area contributed by atoms with Crippen LogP contribution in [0.2, 0.25) is 0 Å². The lowest BCUT2D eigenvalue weighted by Crippen LogP contribution is -2.06. The van der Waals surface area contributed by atoms with Crippen molar-refractivity contribution in [3.8, 4) is 147 Å². The number of nitrogens with zero attached hydrogens (tertiary/aromatic N) is 13. The van der Waals surface area contributed by atoms with Gasteiger partial charge in [-0.25, -0.2) is 24.9 Å². The van der Waals surface area contributed by atoms with Gasteiger partial charge in [-0.05, 0) is 186 Å². The quantitative estimate of drug-likeness (QED) is 0.134. The van der Waals surface area contributed by atoms with Crippen molar-refractivity contribution in [2.24, 2.45) is 0 Å². The lowest BCUT2D eigenvalue weighted by Gasteiger charge is -2.16. The molecule has 0 radical (unpaired) electrons. The Morgan fingerprint density at radius 1 is 0.147 bits per heavy atom. The molecule has 0 atom stereocenters. The summed E-state index contributed by atoms with van der Waals surface area (Å²) in [6.07, 6.45) is 3.65. The molecule has 22 aromatic carbocycles. The smallest absolute Gasteiger partial charge is 0.238 e. The Hall–Kier alpha value is -20.4. The average Bonchev–Trinajstić information content (AvgIpc) is 1.52. The van der Waals surface area contributed by atoms with E-state index in [1.807, 2.05) is 67.0 Å². The zero-order valence-corrected chi connectivity index (χ0v) is 80.6. The summed E-state index contributed by atoms with van der Waals surface area (Å²) in [5.41, 5.74) is 37.6. The van der Waals surface area contributed by atoms with Crippen LogP contribution in [0.25, 0.3) is 310 Å². The topological polar surface area (TPSA) is 120 Å². The van der Waals surface area contributed by atoms with E-state index in [-0.39, 0.29) is 0 Å². The highest BCUT2D eigenvalue weighted by molar-refractivity contribution is 6.40. The molecule has 0 N–H and O–H groups in total. The maximum Gasteiger partial charge on any atom is 0.238 e. The van der Waals surface area contributed by atoms with E-state index in [0.717, 1.165) is 94.8 Å². The van der Waals surface area contributed by atoms with Crippen LogP contribution in [-0.4, -0.2) is 62.3 Å². The number of aromatic nitrogens is 13. The fraction of sp³-hybridized carbons (Fsp3) is 0. The molecule has 0 saturated heterocycles. The number of benzene rings is 22. The molecule has 3 aliphatic rings. The van der Waals surface area contributed by atoms with Crippen molar-refractivity contribution in [3.05, 3.63) is 492 Å². The highest BCUT2D eigenvalue weighted by atomic mass is 15.2. The largest absolute Gasteiger partial charge is 0.309 e. The maximum atomic E-state index is 5.41. The Balaban J connectivity index is 0.000000100. The predicted octanol–water partition coefficient (Wildman–Crippen LogP) is 34.5. The molecule has 0 fully saturated rings. The minimum absolute atomic E-state index is 0.584. The van der Waals surface area contributed by atoms with Crippen LogP contribution in [-0.2, 0) is 0 Å². The highest BCUT2D eigenvalue weighted by Gasteiger charge is 2.36. The molecule has 31 aromatic rings. The van der Waals surface area contributed by atoms with E-state index in [9.17, 15) is 0 Å². The zero-order chi connectivity index (χ0) is 98.0. The van der Waals surface area contributed by atoms with Crippen molar-refractivity contribution in [1.82, 2.24) is 62.3 Å². The molecule has 0 amide bonds. The van der Waals surface area contributed by atoms with Gasteiger partial charge in [-0.3, -0.25) is 13.7 Å². The lowest BCUT2D eigenvalue weighted by molar-refractivity contribution is 0.954. The standard InChI is InChI=1S/C50H30N4.C49H29N5.C38H22N4/c1-4-15-31(16-5-1)39-29-40(32-17-6-2-7-18-32)52-50(51-39)54-42-28-27-33-19-14-25-36-35-22-10-11-23-37(35)47-46-38-24-12-13-26-41(38)53(34-20-8-3-9-21-34)43(46)30-44(54)49(47)48(42)45(33)36;1-4-15-31(16-5-1)47-50-48(32-17-6-2-7-18-32)52-49(51-47)54-39-28-27-30-19-14-25-35-34-22-10-11-23-36(34)44-43-37-24-12-13-26-38(37)53(33-20-8-3-9-21-33)40(43)29-41(54)46(44)45(39)42(30)35;1-2-11-24(12-3-1)41-29-17-7-6-15-28(29)34-31(41)22-32-37-35(34)27-14-5-4-13-25(27)26-16-8-10-23-18-19-30(36(37)33(23)26)42(32)38-39-20-9-21-40-38/h1-30H;1-29H;1-22H. The summed E-state index contributed by atoms with van der Waals surface area (Å²) in [5.74, 6) is 3.17.